The van der Waals surface area contributed by atoms with Gasteiger partial charge < -0.3 is 4.90 Å². The Hall–Kier alpha value is -2.78. The van der Waals surface area contributed by atoms with Gasteiger partial charge in [0.2, 0.25) is 5.91 Å². The lowest BCUT2D eigenvalue weighted by molar-refractivity contribution is -0.139. The van der Waals surface area contributed by atoms with Crippen LogP contribution in [0.4, 0.5) is 5.69 Å². The first-order valence-electron chi connectivity index (χ1n) is 11.6. The predicted molar refractivity (Wildman–Crippen MR) is 146 cm³/mol. The summed E-state index contributed by atoms with van der Waals surface area (Å²) in [5.41, 5.74) is 2.15. The predicted octanol–water partition coefficient (Wildman–Crippen LogP) is 4.44. The maximum Gasteiger partial charge on any atom is 0.254 e. The summed E-state index contributed by atoms with van der Waals surface area (Å²) in [6.45, 7) is 0.846. The van der Waals surface area contributed by atoms with Crippen LogP contribution in [0, 0.1) is 0 Å². The van der Waals surface area contributed by atoms with Crippen LogP contribution in [-0.2, 0) is 21.7 Å². The van der Waals surface area contributed by atoms with Gasteiger partial charge in [-0.25, -0.2) is 0 Å². The van der Waals surface area contributed by atoms with E-state index in [0.717, 1.165) is 22.4 Å². The first kappa shape index (κ1) is 23.6. The monoisotopic (exact) mass is 534 g/mol. The van der Waals surface area contributed by atoms with Gasteiger partial charge in [0.05, 0.1) is 6.54 Å². The number of hydrogen-bond acceptors (Lipinski definition) is 6. The largest absolute Gasteiger partial charge is 0.313 e. The summed E-state index contributed by atoms with van der Waals surface area (Å²) in [6.07, 6.45) is 3.46. The SMILES string of the molecule is CN1C(=O)[C@]2(c3cc(Cl)ccc31)N(C)C[C@H](c1ccncc1)[C@]21SC(=S)N(Cc2ccccc2)C1=O. The van der Waals surface area contributed by atoms with Gasteiger partial charge in [0.15, 0.2) is 5.54 Å². The molecule has 2 fully saturated rings. The van der Waals surface area contributed by atoms with E-state index in [-0.39, 0.29) is 17.7 Å². The highest BCUT2D eigenvalue weighted by Gasteiger charge is 2.78. The van der Waals surface area contributed by atoms with Crippen LogP contribution in [0.1, 0.15) is 22.6 Å². The number of aromatic nitrogens is 1. The van der Waals surface area contributed by atoms with Crippen LogP contribution < -0.4 is 4.90 Å². The second-order valence-corrected chi connectivity index (χ2v) is 11.7. The minimum Gasteiger partial charge on any atom is -0.313 e. The molecule has 9 heteroatoms. The van der Waals surface area contributed by atoms with Crippen molar-refractivity contribution in [3.8, 4) is 0 Å². The maximum absolute atomic E-state index is 14.8. The van der Waals surface area contributed by atoms with Crippen molar-refractivity contribution in [1.82, 2.24) is 14.8 Å². The molecule has 2 saturated heterocycles. The van der Waals surface area contributed by atoms with Crippen LogP contribution in [0.15, 0.2) is 73.1 Å². The Bertz CT molecular complexity index is 1410. The smallest absolute Gasteiger partial charge is 0.254 e. The summed E-state index contributed by atoms with van der Waals surface area (Å²) in [5.74, 6) is -0.602. The number of thioether (sulfide) groups is 1. The second-order valence-electron chi connectivity index (χ2n) is 9.43. The molecule has 3 aliphatic heterocycles. The number of benzene rings is 2. The number of amides is 2. The van der Waals surface area contributed by atoms with Gasteiger partial charge in [0.25, 0.3) is 5.91 Å². The maximum atomic E-state index is 14.8. The molecule has 0 bridgehead atoms. The zero-order valence-corrected chi connectivity index (χ0v) is 22.1. The van der Waals surface area contributed by atoms with Crippen LogP contribution in [0.25, 0.3) is 0 Å². The van der Waals surface area contributed by atoms with Gasteiger partial charge in [-0.15, -0.1) is 0 Å². The Balaban J connectivity index is 1.60. The van der Waals surface area contributed by atoms with Crippen molar-refractivity contribution in [2.75, 3.05) is 25.5 Å². The van der Waals surface area contributed by atoms with Crippen molar-refractivity contribution in [3.63, 3.8) is 0 Å². The lowest BCUT2D eigenvalue weighted by atomic mass is 9.72. The van der Waals surface area contributed by atoms with Crippen LogP contribution in [0.3, 0.4) is 0 Å². The molecule has 0 saturated carbocycles. The van der Waals surface area contributed by atoms with E-state index in [9.17, 15) is 9.59 Å². The highest BCUT2D eigenvalue weighted by atomic mass is 35.5. The van der Waals surface area contributed by atoms with Crippen molar-refractivity contribution >= 4 is 57.4 Å². The lowest BCUT2D eigenvalue weighted by Crippen LogP contribution is -2.62. The van der Waals surface area contributed by atoms with Gasteiger partial charge in [-0.2, -0.15) is 0 Å². The average Bonchev–Trinajstić information content (AvgIpc) is 3.38. The molecule has 3 aliphatic rings. The number of halogens is 1. The Labute approximate surface area is 224 Å². The van der Waals surface area contributed by atoms with Crippen molar-refractivity contribution in [3.05, 3.63) is 94.8 Å². The van der Waals surface area contributed by atoms with Crippen LogP contribution in [0.2, 0.25) is 5.02 Å². The summed E-state index contributed by atoms with van der Waals surface area (Å²) < 4.78 is -0.737. The summed E-state index contributed by atoms with van der Waals surface area (Å²) in [5, 5.41) is 0.520. The zero-order valence-electron chi connectivity index (χ0n) is 19.7. The van der Waals surface area contributed by atoms with Gasteiger partial charge in [-0.05, 0) is 48.5 Å². The van der Waals surface area contributed by atoms with E-state index in [1.54, 1.807) is 35.3 Å². The number of thiocarbonyl (C=S) groups is 1. The minimum absolute atomic E-state index is 0.149. The number of likely N-dealkylation sites (N-methyl/N-ethyl adjacent to an activating group) is 2. The molecule has 0 aliphatic carbocycles. The van der Waals surface area contributed by atoms with Gasteiger partial charge in [-0.3, -0.25) is 24.4 Å². The molecule has 6 rings (SSSR count). The molecule has 0 radical (unpaired) electrons. The Morgan fingerprint density at radius 1 is 1.06 bits per heavy atom. The summed E-state index contributed by atoms with van der Waals surface area (Å²) >= 11 is 13.7. The Morgan fingerprint density at radius 2 is 1.78 bits per heavy atom. The summed E-state index contributed by atoms with van der Waals surface area (Å²) in [4.78, 5) is 38.6. The minimum atomic E-state index is -1.27. The number of anilines is 1. The van der Waals surface area contributed by atoms with E-state index in [0.29, 0.717) is 22.4 Å². The molecule has 0 N–H and O–H groups in total. The third-order valence-electron chi connectivity index (χ3n) is 7.70. The third kappa shape index (κ3) is 2.96. The fraction of sp³-hybridized carbons (Fsp3) is 0.259. The van der Waals surface area contributed by atoms with Gasteiger partial charge >= 0.3 is 0 Å². The Morgan fingerprint density at radius 3 is 2.50 bits per heavy atom. The molecule has 182 valence electrons. The number of hydrogen-bond donors (Lipinski definition) is 0. The number of nitrogens with zero attached hydrogens (tertiary/aromatic N) is 4. The van der Waals surface area contributed by atoms with E-state index in [1.807, 2.05) is 66.5 Å². The van der Waals surface area contributed by atoms with E-state index in [4.69, 9.17) is 23.8 Å². The number of rotatable bonds is 3. The highest BCUT2D eigenvalue weighted by molar-refractivity contribution is 8.25. The van der Waals surface area contributed by atoms with Crippen LogP contribution >= 0.6 is 35.6 Å². The summed E-state index contributed by atoms with van der Waals surface area (Å²) in [6, 6.07) is 19.1. The van der Waals surface area contributed by atoms with Gasteiger partial charge in [0.1, 0.15) is 9.07 Å². The summed E-state index contributed by atoms with van der Waals surface area (Å²) in [7, 11) is 3.68. The second kappa shape index (κ2) is 8.38. The van der Waals surface area contributed by atoms with E-state index in [2.05, 4.69) is 4.98 Å². The lowest BCUT2D eigenvalue weighted by Gasteiger charge is -2.42. The van der Waals surface area contributed by atoms with Crippen molar-refractivity contribution in [2.45, 2.75) is 22.7 Å². The molecule has 1 aromatic heterocycles. The fourth-order valence-electron chi connectivity index (χ4n) is 6.17. The number of carbonyl (C=O) groups excluding carboxylic acids is 2. The van der Waals surface area contributed by atoms with Crippen molar-refractivity contribution in [1.29, 1.82) is 0 Å². The average molecular weight is 535 g/mol. The molecule has 3 atom stereocenters. The highest BCUT2D eigenvalue weighted by Crippen LogP contribution is 2.66. The van der Waals surface area contributed by atoms with Crippen LogP contribution in [0.5, 0.6) is 0 Å². The molecule has 36 heavy (non-hydrogen) atoms. The van der Waals surface area contributed by atoms with Crippen LogP contribution in [-0.4, -0.2) is 56.3 Å². The molecule has 2 aromatic carbocycles. The topological polar surface area (TPSA) is 56.8 Å². The van der Waals surface area contributed by atoms with E-state index in [1.165, 1.54) is 11.8 Å². The first-order valence-corrected chi connectivity index (χ1v) is 13.2. The fourth-order valence-corrected chi connectivity index (χ4v) is 8.47. The zero-order chi connectivity index (χ0) is 25.2. The van der Waals surface area contributed by atoms with Crippen molar-refractivity contribution in [2.24, 2.45) is 0 Å². The quantitative estimate of drug-likeness (QED) is 0.463. The Kier molecular flexibility index (Phi) is 5.50. The first-order chi connectivity index (χ1) is 17.3. The standard InChI is InChI=1S/C27H23ClN4O2S2/c1-30-16-21(18-10-12-29-13-11-18)27(24(34)32(25(35)36-27)15-17-6-4-3-5-7-17)26(30)20-14-19(28)8-9-22(20)31(2)23(26)33/h3-14,21H,15-16H2,1-2H3/t21-,26+,27-/m1/s1. The van der Waals surface area contributed by atoms with Crippen molar-refractivity contribution < 1.29 is 9.59 Å². The third-order valence-corrected chi connectivity index (χ3v) is 9.88. The number of likely N-dealkylation sites (tertiary alicyclic amines) is 1. The molecule has 2 amide bonds. The molecular formula is C27H23ClN4O2S2. The normalized spacial score (nSPS) is 27.6. The molecular weight excluding hydrogens is 512 g/mol. The van der Waals surface area contributed by atoms with E-state index < -0.39 is 10.3 Å². The molecule has 2 spiro atoms. The van der Waals surface area contributed by atoms with Gasteiger partial charge in [0, 0.05) is 48.2 Å². The number of pyridine rings is 1. The van der Waals surface area contributed by atoms with Gasteiger partial charge in [-0.1, -0.05) is 65.9 Å². The number of fused-ring (bicyclic) bond motifs is 3. The molecule has 0 unspecified atom stereocenters. The number of carbonyl (C=O) groups is 2. The molecule has 3 aromatic rings. The molecule has 6 nitrogen and oxygen atoms in total. The van der Waals surface area contributed by atoms with E-state index >= 15 is 0 Å². The molecule has 4 heterocycles.